The number of likely N-dealkylation sites (tertiary alicyclic amines) is 1. The van der Waals surface area contributed by atoms with E-state index in [1.807, 2.05) is 46.7 Å². The van der Waals surface area contributed by atoms with Crippen LogP contribution in [0.15, 0.2) is 41.8 Å². The number of rotatable bonds is 7. The van der Waals surface area contributed by atoms with E-state index in [9.17, 15) is 4.79 Å². The highest BCUT2D eigenvalue weighted by Gasteiger charge is 2.26. The quantitative estimate of drug-likeness (QED) is 0.769. The molecule has 3 rings (SSSR count). The van der Waals surface area contributed by atoms with Gasteiger partial charge >= 0.3 is 0 Å². The smallest absolute Gasteiger partial charge is 0.227 e. The Morgan fingerprint density at radius 1 is 1.25 bits per heavy atom. The lowest BCUT2D eigenvalue weighted by Gasteiger charge is -2.16. The van der Waals surface area contributed by atoms with Crippen LogP contribution in [-0.4, -0.2) is 37.6 Å². The van der Waals surface area contributed by atoms with Crippen molar-refractivity contribution in [3.8, 4) is 11.5 Å². The van der Waals surface area contributed by atoms with Crippen LogP contribution in [0.3, 0.4) is 0 Å². The highest BCUT2D eigenvalue weighted by atomic mass is 32.1. The number of carbonyl (C=O) groups excluding carboxylic acids is 1. The van der Waals surface area contributed by atoms with Gasteiger partial charge in [-0.3, -0.25) is 4.79 Å². The Morgan fingerprint density at radius 2 is 2.08 bits per heavy atom. The number of benzene rings is 1. The number of nitrogens with zero attached hydrogens (tertiary/aromatic N) is 1. The molecule has 1 amide bonds. The summed E-state index contributed by atoms with van der Waals surface area (Å²) in [7, 11) is 1.65. The van der Waals surface area contributed by atoms with Crippen LogP contribution in [0.2, 0.25) is 0 Å². The van der Waals surface area contributed by atoms with Crippen LogP contribution in [-0.2, 0) is 11.2 Å². The molecule has 0 bridgehead atoms. The van der Waals surface area contributed by atoms with Crippen molar-refractivity contribution in [1.29, 1.82) is 0 Å². The molecule has 1 atom stereocenters. The predicted molar refractivity (Wildman–Crippen MR) is 95.8 cm³/mol. The zero-order valence-electron chi connectivity index (χ0n) is 13.9. The molecular formula is C19H23NO3S. The predicted octanol–water partition coefficient (Wildman–Crippen LogP) is 3.62. The molecule has 24 heavy (non-hydrogen) atoms. The Bertz CT molecular complexity index is 656. The second kappa shape index (κ2) is 8.20. The molecule has 1 aliphatic heterocycles. The van der Waals surface area contributed by atoms with E-state index < -0.39 is 0 Å². The van der Waals surface area contributed by atoms with E-state index in [4.69, 9.17) is 9.47 Å². The van der Waals surface area contributed by atoms with Crippen LogP contribution in [0.25, 0.3) is 0 Å². The lowest BCUT2D eigenvalue weighted by Crippen LogP contribution is -2.30. The minimum Gasteiger partial charge on any atom is -0.493 e. The van der Waals surface area contributed by atoms with E-state index in [0.29, 0.717) is 18.9 Å². The molecule has 1 aliphatic rings. The van der Waals surface area contributed by atoms with Crippen LogP contribution in [0.4, 0.5) is 0 Å². The maximum absolute atomic E-state index is 12.3. The minimum absolute atomic E-state index is 0.241. The fourth-order valence-electron chi connectivity index (χ4n) is 3.04. The van der Waals surface area contributed by atoms with E-state index in [-0.39, 0.29) is 5.91 Å². The first-order valence-corrected chi connectivity index (χ1v) is 9.20. The number of hydrogen-bond donors (Lipinski definition) is 0. The van der Waals surface area contributed by atoms with Gasteiger partial charge in [-0.1, -0.05) is 18.2 Å². The zero-order valence-corrected chi connectivity index (χ0v) is 14.8. The summed E-state index contributed by atoms with van der Waals surface area (Å²) in [5, 5.41) is 2.02. The molecule has 2 aromatic rings. The van der Waals surface area contributed by atoms with Gasteiger partial charge < -0.3 is 14.4 Å². The first-order chi connectivity index (χ1) is 11.8. The van der Waals surface area contributed by atoms with E-state index in [1.165, 1.54) is 0 Å². The first-order valence-electron chi connectivity index (χ1n) is 8.32. The van der Waals surface area contributed by atoms with Gasteiger partial charge in [0.25, 0.3) is 0 Å². The summed E-state index contributed by atoms with van der Waals surface area (Å²) in [5.41, 5.74) is 0. The number of hydrogen-bond acceptors (Lipinski definition) is 4. The van der Waals surface area contributed by atoms with Crippen molar-refractivity contribution >= 4 is 17.2 Å². The third kappa shape index (κ3) is 4.29. The summed E-state index contributed by atoms with van der Waals surface area (Å²) in [6.07, 6.45) is 2.55. The van der Waals surface area contributed by atoms with Gasteiger partial charge in [0.1, 0.15) is 0 Å². The van der Waals surface area contributed by atoms with E-state index in [2.05, 4.69) is 0 Å². The summed E-state index contributed by atoms with van der Waals surface area (Å²) in [6.45, 7) is 2.36. The highest BCUT2D eigenvalue weighted by Crippen LogP contribution is 2.27. The standard InChI is InChI=1S/C19H23NO3S/c1-22-17-6-2-3-7-18(17)23-11-9-15-8-10-20(14-15)19(21)13-16-5-4-12-24-16/h2-7,12,15H,8-11,13-14H2,1H3. The van der Waals surface area contributed by atoms with Gasteiger partial charge in [0.15, 0.2) is 11.5 Å². The number of para-hydroxylation sites is 2. The van der Waals surface area contributed by atoms with Crippen molar-refractivity contribution in [2.75, 3.05) is 26.8 Å². The van der Waals surface area contributed by atoms with Gasteiger partial charge in [0.05, 0.1) is 20.1 Å². The van der Waals surface area contributed by atoms with Crippen molar-refractivity contribution < 1.29 is 14.3 Å². The Kier molecular flexibility index (Phi) is 5.75. The normalized spacial score (nSPS) is 17.0. The third-order valence-electron chi connectivity index (χ3n) is 4.40. The molecule has 1 saturated heterocycles. The number of methoxy groups -OCH3 is 1. The lowest BCUT2D eigenvalue weighted by atomic mass is 10.1. The summed E-state index contributed by atoms with van der Waals surface area (Å²) in [6, 6.07) is 11.7. The summed E-state index contributed by atoms with van der Waals surface area (Å²) in [4.78, 5) is 15.5. The molecule has 0 N–H and O–H groups in total. The molecule has 1 aromatic heterocycles. The zero-order chi connectivity index (χ0) is 16.8. The van der Waals surface area contributed by atoms with Crippen LogP contribution >= 0.6 is 11.3 Å². The summed E-state index contributed by atoms with van der Waals surface area (Å²) < 4.78 is 11.1. The van der Waals surface area contributed by atoms with Crippen molar-refractivity contribution in [2.45, 2.75) is 19.3 Å². The molecule has 5 heteroatoms. The SMILES string of the molecule is COc1ccccc1OCCC1CCN(C(=O)Cc2cccs2)C1. The van der Waals surface area contributed by atoms with Crippen LogP contribution in [0.1, 0.15) is 17.7 Å². The van der Waals surface area contributed by atoms with Gasteiger partial charge in [-0.15, -0.1) is 11.3 Å². The fraction of sp³-hybridized carbons (Fsp3) is 0.421. The molecule has 0 radical (unpaired) electrons. The average molecular weight is 345 g/mol. The monoisotopic (exact) mass is 345 g/mol. The molecule has 128 valence electrons. The van der Waals surface area contributed by atoms with E-state index in [1.54, 1.807) is 18.4 Å². The molecule has 0 aliphatic carbocycles. The Labute approximate surface area is 147 Å². The van der Waals surface area contributed by atoms with Crippen LogP contribution in [0, 0.1) is 5.92 Å². The molecule has 0 spiro atoms. The summed E-state index contributed by atoms with van der Waals surface area (Å²) in [5.74, 6) is 2.30. The molecule has 1 aromatic carbocycles. The van der Waals surface area contributed by atoms with Gasteiger partial charge in [0.2, 0.25) is 5.91 Å². The first kappa shape index (κ1) is 16.8. The average Bonchev–Trinajstić information content (AvgIpc) is 3.27. The lowest BCUT2D eigenvalue weighted by molar-refractivity contribution is -0.129. The van der Waals surface area contributed by atoms with Gasteiger partial charge in [-0.2, -0.15) is 0 Å². The second-order valence-corrected chi connectivity index (χ2v) is 7.07. The highest BCUT2D eigenvalue weighted by molar-refractivity contribution is 7.10. The van der Waals surface area contributed by atoms with Crippen molar-refractivity contribution in [3.05, 3.63) is 46.7 Å². The maximum atomic E-state index is 12.3. The Morgan fingerprint density at radius 3 is 2.83 bits per heavy atom. The maximum Gasteiger partial charge on any atom is 0.227 e. The molecule has 1 fully saturated rings. The summed E-state index contributed by atoms with van der Waals surface area (Å²) >= 11 is 1.65. The van der Waals surface area contributed by atoms with Gasteiger partial charge in [0, 0.05) is 18.0 Å². The van der Waals surface area contributed by atoms with E-state index >= 15 is 0 Å². The van der Waals surface area contributed by atoms with E-state index in [0.717, 1.165) is 42.3 Å². The number of carbonyl (C=O) groups is 1. The molecule has 0 saturated carbocycles. The minimum atomic E-state index is 0.241. The fourth-order valence-corrected chi connectivity index (χ4v) is 3.74. The van der Waals surface area contributed by atoms with Crippen molar-refractivity contribution in [2.24, 2.45) is 5.92 Å². The van der Waals surface area contributed by atoms with Crippen molar-refractivity contribution in [3.63, 3.8) is 0 Å². The molecular weight excluding hydrogens is 322 g/mol. The molecule has 2 heterocycles. The van der Waals surface area contributed by atoms with Gasteiger partial charge in [-0.25, -0.2) is 0 Å². The molecule has 4 nitrogen and oxygen atoms in total. The number of thiophene rings is 1. The topological polar surface area (TPSA) is 38.8 Å². The number of amides is 1. The Balaban J connectivity index is 1.42. The molecule has 1 unspecified atom stereocenters. The van der Waals surface area contributed by atoms with Crippen LogP contribution in [0.5, 0.6) is 11.5 Å². The number of ether oxygens (including phenoxy) is 2. The van der Waals surface area contributed by atoms with Crippen LogP contribution < -0.4 is 9.47 Å². The second-order valence-electron chi connectivity index (χ2n) is 6.04. The Hall–Kier alpha value is -2.01. The third-order valence-corrected chi connectivity index (χ3v) is 5.27. The van der Waals surface area contributed by atoms with Crippen molar-refractivity contribution in [1.82, 2.24) is 4.90 Å². The van der Waals surface area contributed by atoms with Gasteiger partial charge in [-0.05, 0) is 42.3 Å². The largest absolute Gasteiger partial charge is 0.493 e.